The molecule has 1 unspecified atom stereocenters. The molecule has 9 nitrogen and oxygen atoms in total. The van der Waals surface area contributed by atoms with E-state index in [0.717, 1.165) is 0 Å². The molecule has 7 rings (SSSR count). The molecular formula is C30H24ClF2N5O4. The molecule has 1 amide bonds. The predicted molar refractivity (Wildman–Crippen MR) is 155 cm³/mol. The van der Waals surface area contributed by atoms with Crippen molar-refractivity contribution in [1.82, 2.24) is 19.3 Å². The van der Waals surface area contributed by atoms with E-state index < -0.39 is 23.4 Å². The summed E-state index contributed by atoms with van der Waals surface area (Å²) in [5.74, 6) is -2.16. The summed E-state index contributed by atoms with van der Waals surface area (Å²) in [7, 11) is 0. The summed E-state index contributed by atoms with van der Waals surface area (Å²) in [5.41, 5.74) is 0.353. The Balaban J connectivity index is 1.74. The standard InChI is InChI=1S/C30H24ClF2N5O4/c1-4-19(39)36-10-11-37-15(12-36)13-41-28-22-27-23(31)21(24(28)33)20-16(32)6-5-7-17(20)42-18-8-9-34-25(14(2)3)26(18)38(27)30(40)35-29(22)37/h4-9,14-15H,1,10-13H2,2-3H3. The molecule has 3 aromatic heterocycles. The second-order valence-electron chi connectivity index (χ2n) is 10.7. The molecule has 2 aromatic carbocycles. The molecule has 0 saturated carbocycles. The fraction of sp³-hybridized carbons (Fsp3) is 0.267. The van der Waals surface area contributed by atoms with E-state index in [0.29, 0.717) is 18.8 Å². The Labute approximate surface area is 242 Å². The zero-order valence-electron chi connectivity index (χ0n) is 22.7. The number of hydrogen-bond acceptors (Lipinski definition) is 7. The van der Waals surface area contributed by atoms with Gasteiger partial charge in [0.05, 0.1) is 33.0 Å². The van der Waals surface area contributed by atoms with Gasteiger partial charge in [-0.2, -0.15) is 4.98 Å². The van der Waals surface area contributed by atoms with E-state index in [1.165, 1.54) is 34.9 Å². The van der Waals surface area contributed by atoms with Gasteiger partial charge < -0.3 is 19.0 Å². The molecule has 1 fully saturated rings. The van der Waals surface area contributed by atoms with Crippen LogP contribution in [0.2, 0.25) is 5.02 Å². The molecule has 0 aliphatic carbocycles. The number of fused-ring (bicyclic) bond motifs is 7. The number of aromatic nitrogens is 3. The maximum Gasteiger partial charge on any atom is 0.354 e. The molecule has 5 heterocycles. The van der Waals surface area contributed by atoms with Crippen LogP contribution in [0.1, 0.15) is 25.5 Å². The summed E-state index contributed by atoms with van der Waals surface area (Å²) < 4.78 is 45.9. The molecule has 1 atom stereocenters. The molecule has 42 heavy (non-hydrogen) atoms. The normalized spacial score (nSPS) is 16.7. The lowest BCUT2D eigenvalue weighted by Gasteiger charge is -2.40. The molecule has 2 bridgehead atoms. The molecule has 2 aliphatic rings. The Morgan fingerprint density at radius 3 is 2.71 bits per heavy atom. The van der Waals surface area contributed by atoms with Crippen LogP contribution < -0.4 is 15.3 Å². The summed E-state index contributed by atoms with van der Waals surface area (Å²) >= 11 is 7.04. The predicted octanol–water partition coefficient (Wildman–Crippen LogP) is 5.35. The number of piperazine rings is 1. The van der Waals surface area contributed by atoms with Crippen LogP contribution in [0, 0.1) is 11.6 Å². The van der Waals surface area contributed by atoms with Gasteiger partial charge in [-0.1, -0.05) is 38.1 Å². The number of rotatable bonds is 2. The van der Waals surface area contributed by atoms with Crippen LogP contribution in [0.25, 0.3) is 38.4 Å². The van der Waals surface area contributed by atoms with Gasteiger partial charge in [-0.25, -0.2) is 13.6 Å². The lowest BCUT2D eigenvalue weighted by molar-refractivity contribution is -0.126. The molecule has 0 spiro atoms. The van der Waals surface area contributed by atoms with E-state index in [2.05, 4.69) is 16.5 Å². The maximum atomic E-state index is 16.7. The molecule has 0 N–H and O–H groups in total. The van der Waals surface area contributed by atoms with Gasteiger partial charge in [0.2, 0.25) is 5.91 Å². The summed E-state index contributed by atoms with van der Waals surface area (Å²) in [6, 6.07) is 5.23. The third-order valence-electron chi connectivity index (χ3n) is 7.94. The summed E-state index contributed by atoms with van der Waals surface area (Å²) in [5, 5.41) is -0.542. The highest BCUT2D eigenvalue weighted by molar-refractivity contribution is 6.41. The summed E-state index contributed by atoms with van der Waals surface area (Å²) in [6.07, 6.45) is 2.76. The number of nitrogens with zero attached hydrogens (tertiary/aromatic N) is 5. The summed E-state index contributed by atoms with van der Waals surface area (Å²) in [4.78, 5) is 38.9. The van der Waals surface area contributed by atoms with Crippen LogP contribution in [0.5, 0.6) is 5.75 Å². The molecular weight excluding hydrogens is 568 g/mol. The Kier molecular flexibility index (Phi) is 5.98. The number of pyridine rings is 1. The highest BCUT2D eigenvalue weighted by Gasteiger charge is 2.37. The first-order valence-electron chi connectivity index (χ1n) is 13.5. The second-order valence-corrected chi connectivity index (χ2v) is 11.0. The van der Waals surface area contributed by atoms with E-state index >= 15 is 8.78 Å². The van der Waals surface area contributed by atoms with Crippen molar-refractivity contribution < 1.29 is 22.7 Å². The highest BCUT2D eigenvalue weighted by Crippen LogP contribution is 2.46. The SMILES string of the molecule is C=CC(=O)N1CCN2c3nc(=O)n4c5c(C(C)C)nccc5oc5cccc(F)c5c5c(F)c(c3c4c5Cl)OCC2C1. The van der Waals surface area contributed by atoms with Crippen molar-refractivity contribution in [3.05, 3.63) is 76.0 Å². The number of hydrogen-bond donors (Lipinski definition) is 0. The van der Waals surface area contributed by atoms with Gasteiger partial charge in [0.1, 0.15) is 29.3 Å². The fourth-order valence-electron chi connectivity index (χ4n) is 6.05. The van der Waals surface area contributed by atoms with Crippen LogP contribution in [0.4, 0.5) is 14.6 Å². The number of ether oxygens (including phenoxy) is 1. The van der Waals surface area contributed by atoms with E-state index in [1.807, 2.05) is 18.7 Å². The lowest BCUT2D eigenvalue weighted by atomic mass is 10.1. The number of amides is 1. The molecule has 0 radical (unpaired) electrons. The number of carbonyl (C=O) groups is 1. The van der Waals surface area contributed by atoms with Crippen LogP contribution >= 0.6 is 11.6 Å². The van der Waals surface area contributed by atoms with Gasteiger partial charge >= 0.3 is 5.69 Å². The molecule has 5 aromatic rings. The summed E-state index contributed by atoms with van der Waals surface area (Å²) in [6.45, 7) is 8.21. The van der Waals surface area contributed by atoms with Crippen molar-refractivity contribution in [2.75, 3.05) is 31.1 Å². The van der Waals surface area contributed by atoms with E-state index in [1.54, 1.807) is 11.0 Å². The largest absolute Gasteiger partial charge is 0.487 e. The average Bonchev–Trinajstić information content (AvgIpc) is 3.10. The molecule has 12 heteroatoms. The van der Waals surface area contributed by atoms with Crippen LogP contribution in [-0.2, 0) is 4.79 Å². The molecule has 2 aliphatic heterocycles. The first-order valence-corrected chi connectivity index (χ1v) is 13.8. The second kappa shape index (κ2) is 9.52. The Hall–Kier alpha value is -4.51. The average molecular weight is 592 g/mol. The molecule has 214 valence electrons. The third kappa shape index (κ3) is 3.65. The minimum Gasteiger partial charge on any atom is -0.487 e. The van der Waals surface area contributed by atoms with Gasteiger partial charge in [-0.05, 0) is 24.1 Å². The first-order chi connectivity index (χ1) is 20.2. The molecule has 1 saturated heterocycles. The van der Waals surface area contributed by atoms with Crippen LogP contribution in [0.3, 0.4) is 0 Å². The van der Waals surface area contributed by atoms with Crippen molar-refractivity contribution in [2.24, 2.45) is 0 Å². The maximum absolute atomic E-state index is 16.7. The Bertz CT molecular complexity index is 2090. The van der Waals surface area contributed by atoms with Crippen molar-refractivity contribution in [1.29, 1.82) is 0 Å². The monoisotopic (exact) mass is 591 g/mol. The van der Waals surface area contributed by atoms with Crippen LogP contribution in [-0.4, -0.2) is 57.5 Å². The van der Waals surface area contributed by atoms with Gasteiger partial charge in [0, 0.05) is 37.3 Å². The van der Waals surface area contributed by atoms with E-state index in [-0.39, 0.29) is 79.9 Å². The van der Waals surface area contributed by atoms with Gasteiger partial charge in [-0.3, -0.25) is 14.2 Å². The third-order valence-corrected chi connectivity index (χ3v) is 8.31. The minimum atomic E-state index is -0.914. The zero-order valence-corrected chi connectivity index (χ0v) is 23.4. The zero-order chi connectivity index (χ0) is 29.4. The first kappa shape index (κ1) is 26.4. The van der Waals surface area contributed by atoms with Gasteiger partial charge in [0.25, 0.3) is 0 Å². The van der Waals surface area contributed by atoms with E-state index in [9.17, 15) is 9.59 Å². The van der Waals surface area contributed by atoms with Gasteiger partial charge in [-0.15, -0.1) is 0 Å². The van der Waals surface area contributed by atoms with Crippen molar-refractivity contribution in [3.63, 3.8) is 0 Å². The number of anilines is 1. The van der Waals surface area contributed by atoms with Crippen molar-refractivity contribution in [2.45, 2.75) is 25.8 Å². The number of benzene rings is 2. The lowest BCUT2D eigenvalue weighted by Crippen LogP contribution is -2.56. The highest BCUT2D eigenvalue weighted by atomic mass is 35.5. The minimum absolute atomic E-state index is 0.00293. The fourth-order valence-corrected chi connectivity index (χ4v) is 6.41. The Morgan fingerprint density at radius 2 is 1.95 bits per heavy atom. The van der Waals surface area contributed by atoms with Crippen molar-refractivity contribution >= 4 is 61.7 Å². The topological polar surface area (TPSA) is 93.2 Å². The Morgan fingerprint density at radius 1 is 1.14 bits per heavy atom. The van der Waals surface area contributed by atoms with Gasteiger partial charge in [0.15, 0.2) is 17.1 Å². The van der Waals surface area contributed by atoms with E-state index in [4.69, 9.17) is 20.8 Å². The number of halogens is 3. The quantitative estimate of drug-likeness (QED) is 0.255. The van der Waals surface area contributed by atoms with Crippen molar-refractivity contribution in [3.8, 4) is 5.75 Å². The smallest absolute Gasteiger partial charge is 0.354 e. The number of carbonyl (C=O) groups excluding carboxylic acids is 1. The van der Waals surface area contributed by atoms with Crippen LogP contribution in [0.15, 0.2) is 52.3 Å².